The number of morpholine rings is 1. The summed E-state index contributed by atoms with van der Waals surface area (Å²) in [6, 6.07) is 10.5. The highest BCUT2D eigenvalue weighted by Crippen LogP contribution is 2.42. The first-order chi connectivity index (χ1) is 15.7. The lowest BCUT2D eigenvalue weighted by molar-refractivity contribution is 0.122. The Balaban J connectivity index is 1.55. The summed E-state index contributed by atoms with van der Waals surface area (Å²) in [7, 11) is 0. The van der Waals surface area contributed by atoms with E-state index < -0.39 is 5.82 Å². The number of ether oxygens (including phenoxy) is 1. The number of nitrogen functional groups attached to an aromatic ring is 1. The van der Waals surface area contributed by atoms with E-state index >= 15 is 4.39 Å². The number of thiazole rings is 1. The van der Waals surface area contributed by atoms with E-state index in [0.29, 0.717) is 40.9 Å². The summed E-state index contributed by atoms with van der Waals surface area (Å²) < 4.78 is 29.3. The average molecular weight is 471 g/mol. The summed E-state index contributed by atoms with van der Waals surface area (Å²) in [5.41, 5.74) is 7.63. The molecule has 3 aromatic heterocycles. The predicted octanol–water partition coefficient (Wildman–Crippen LogP) is 4.54. The SMILES string of the molecule is Nc1nccc(-c2sc(N3CCOCC3)nc2-c2cccc(NSc3ccco3)c2F)n1. The van der Waals surface area contributed by atoms with Crippen molar-refractivity contribution in [1.29, 1.82) is 0 Å². The molecule has 0 aliphatic carbocycles. The molecule has 1 aromatic carbocycles. The summed E-state index contributed by atoms with van der Waals surface area (Å²) in [5.74, 6) is -0.255. The van der Waals surface area contributed by atoms with Crippen molar-refractivity contribution in [1.82, 2.24) is 15.0 Å². The first-order valence-corrected chi connectivity index (χ1v) is 11.5. The molecule has 0 saturated carbocycles. The molecule has 1 aliphatic rings. The Morgan fingerprint density at radius 2 is 2.00 bits per heavy atom. The molecule has 11 heteroatoms. The molecule has 5 rings (SSSR count). The third-order valence-electron chi connectivity index (χ3n) is 4.81. The second-order valence-electron chi connectivity index (χ2n) is 6.88. The molecular formula is C21H19FN6O2S2. The van der Waals surface area contributed by atoms with E-state index in [1.807, 2.05) is 0 Å². The van der Waals surface area contributed by atoms with Gasteiger partial charge < -0.3 is 24.5 Å². The van der Waals surface area contributed by atoms with Gasteiger partial charge in [-0.2, -0.15) is 0 Å². The number of rotatable bonds is 6. The van der Waals surface area contributed by atoms with Gasteiger partial charge in [0.05, 0.1) is 41.4 Å². The predicted molar refractivity (Wildman–Crippen MR) is 124 cm³/mol. The summed E-state index contributed by atoms with van der Waals surface area (Å²) >= 11 is 2.65. The molecular weight excluding hydrogens is 451 g/mol. The minimum atomic E-state index is -0.409. The Bertz CT molecular complexity index is 1210. The highest BCUT2D eigenvalue weighted by molar-refractivity contribution is 8.00. The van der Waals surface area contributed by atoms with Gasteiger partial charge >= 0.3 is 0 Å². The molecule has 164 valence electrons. The second kappa shape index (κ2) is 9.15. The smallest absolute Gasteiger partial charge is 0.220 e. The number of halogens is 1. The number of benzene rings is 1. The Kier molecular flexibility index (Phi) is 5.93. The fourth-order valence-corrected chi connectivity index (χ4v) is 5.00. The van der Waals surface area contributed by atoms with Crippen LogP contribution in [-0.4, -0.2) is 41.3 Å². The molecule has 1 saturated heterocycles. The number of anilines is 3. The van der Waals surface area contributed by atoms with E-state index in [4.69, 9.17) is 19.9 Å². The molecule has 1 aliphatic heterocycles. The maximum atomic E-state index is 15.6. The Hall–Kier alpha value is -3.15. The molecule has 1 fully saturated rings. The molecule has 0 bridgehead atoms. The Labute approximate surface area is 191 Å². The van der Waals surface area contributed by atoms with Crippen molar-refractivity contribution in [2.75, 3.05) is 41.7 Å². The quantitative estimate of drug-likeness (QED) is 0.393. The Morgan fingerprint density at radius 3 is 2.78 bits per heavy atom. The zero-order valence-electron chi connectivity index (χ0n) is 16.8. The normalized spacial score (nSPS) is 14.0. The van der Waals surface area contributed by atoms with Gasteiger partial charge in [0.25, 0.3) is 0 Å². The molecule has 0 amide bonds. The minimum absolute atomic E-state index is 0.153. The van der Waals surface area contributed by atoms with Gasteiger partial charge in [-0.25, -0.2) is 19.3 Å². The van der Waals surface area contributed by atoms with Crippen LogP contribution in [0.15, 0.2) is 58.4 Å². The van der Waals surface area contributed by atoms with Crippen LogP contribution in [0.4, 0.5) is 21.2 Å². The van der Waals surface area contributed by atoms with Crippen molar-refractivity contribution >= 4 is 40.1 Å². The van der Waals surface area contributed by atoms with Crippen LogP contribution >= 0.6 is 23.3 Å². The van der Waals surface area contributed by atoms with Gasteiger partial charge in [0.15, 0.2) is 16.0 Å². The van der Waals surface area contributed by atoms with E-state index in [1.54, 1.807) is 48.9 Å². The van der Waals surface area contributed by atoms with Crippen LogP contribution in [0.5, 0.6) is 0 Å². The molecule has 32 heavy (non-hydrogen) atoms. The fraction of sp³-hybridized carbons (Fsp3) is 0.190. The van der Waals surface area contributed by atoms with Gasteiger partial charge in [-0.05, 0) is 30.3 Å². The van der Waals surface area contributed by atoms with Crippen molar-refractivity contribution in [3.63, 3.8) is 0 Å². The number of aromatic nitrogens is 3. The molecule has 8 nitrogen and oxygen atoms in total. The van der Waals surface area contributed by atoms with E-state index in [1.165, 1.54) is 23.3 Å². The molecule has 4 heterocycles. The summed E-state index contributed by atoms with van der Waals surface area (Å²) in [5, 5.41) is 1.42. The number of nitrogens with one attached hydrogen (secondary N) is 1. The topological polar surface area (TPSA) is 102 Å². The van der Waals surface area contributed by atoms with Crippen LogP contribution in [0.3, 0.4) is 0 Å². The summed E-state index contributed by atoms with van der Waals surface area (Å²) in [6.45, 7) is 2.70. The van der Waals surface area contributed by atoms with Gasteiger partial charge in [0, 0.05) is 36.8 Å². The molecule has 4 aromatic rings. The third kappa shape index (κ3) is 4.27. The average Bonchev–Trinajstić information content (AvgIpc) is 3.49. The van der Waals surface area contributed by atoms with Crippen molar-refractivity contribution in [2.24, 2.45) is 0 Å². The van der Waals surface area contributed by atoms with Crippen molar-refractivity contribution in [3.05, 3.63) is 54.7 Å². The van der Waals surface area contributed by atoms with E-state index in [0.717, 1.165) is 23.1 Å². The molecule has 3 N–H and O–H groups in total. The van der Waals surface area contributed by atoms with Crippen LogP contribution in [0.1, 0.15) is 0 Å². The minimum Gasteiger partial charge on any atom is -0.456 e. The monoisotopic (exact) mass is 470 g/mol. The molecule has 0 unspecified atom stereocenters. The number of hydrogen-bond donors (Lipinski definition) is 2. The van der Waals surface area contributed by atoms with Crippen molar-refractivity contribution in [3.8, 4) is 21.8 Å². The van der Waals surface area contributed by atoms with Gasteiger partial charge in [0.1, 0.15) is 0 Å². The van der Waals surface area contributed by atoms with Crippen molar-refractivity contribution < 1.29 is 13.5 Å². The highest BCUT2D eigenvalue weighted by Gasteiger charge is 2.24. The van der Waals surface area contributed by atoms with Gasteiger partial charge in [0.2, 0.25) is 5.95 Å². The van der Waals surface area contributed by atoms with Gasteiger partial charge in [-0.3, -0.25) is 0 Å². The lowest BCUT2D eigenvalue weighted by atomic mass is 10.1. The van der Waals surface area contributed by atoms with Crippen LogP contribution in [0, 0.1) is 5.82 Å². The number of hydrogen-bond acceptors (Lipinski definition) is 10. The van der Waals surface area contributed by atoms with E-state index in [9.17, 15) is 0 Å². The van der Waals surface area contributed by atoms with E-state index in [-0.39, 0.29) is 5.95 Å². The van der Waals surface area contributed by atoms with Crippen LogP contribution in [0.2, 0.25) is 0 Å². The van der Waals surface area contributed by atoms with Crippen LogP contribution in [-0.2, 0) is 4.74 Å². The van der Waals surface area contributed by atoms with Gasteiger partial charge in [-0.15, -0.1) is 0 Å². The number of nitrogens with two attached hydrogens (primary N) is 1. The standard InChI is InChI=1S/C21H19FN6O2S2/c22-17-13(3-1-4-14(17)27-32-16-5-2-10-30-16)18-19(15-6-7-24-20(23)25-15)31-21(26-18)28-8-11-29-12-9-28/h1-7,10,27H,8-9,11-12H2,(H2,23,24,25). The maximum absolute atomic E-state index is 15.6. The zero-order valence-corrected chi connectivity index (χ0v) is 18.5. The largest absolute Gasteiger partial charge is 0.456 e. The van der Waals surface area contributed by atoms with Crippen LogP contribution in [0.25, 0.3) is 21.8 Å². The molecule has 0 spiro atoms. The van der Waals surface area contributed by atoms with Crippen LogP contribution < -0.4 is 15.4 Å². The number of furan rings is 1. The fourth-order valence-electron chi connectivity index (χ4n) is 3.28. The maximum Gasteiger partial charge on any atom is 0.220 e. The second-order valence-corrected chi connectivity index (χ2v) is 8.67. The first kappa shape index (κ1) is 20.7. The molecule has 0 radical (unpaired) electrons. The summed E-state index contributed by atoms with van der Waals surface area (Å²) in [4.78, 5) is 16.0. The zero-order chi connectivity index (χ0) is 21.9. The summed E-state index contributed by atoms with van der Waals surface area (Å²) in [6.07, 6.45) is 3.16. The first-order valence-electron chi connectivity index (χ1n) is 9.86. The lowest BCUT2D eigenvalue weighted by Crippen LogP contribution is -2.36. The Morgan fingerprint density at radius 1 is 1.12 bits per heavy atom. The molecule has 0 atom stereocenters. The van der Waals surface area contributed by atoms with E-state index in [2.05, 4.69) is 19.6 Å². The third-order valence-corrected chi connectivity index (χ3v) is 6.71. The number of nitrogens with zero attached hydrogens (tertiary/aromatic N) is 4. The van der Waals surface area contributed by atoms with Gasteiger partial charge in [-0.1, -0.05) is 17.4 Å². The lowest BCUT2D eigenvalue weighted by Gasteiger charge is -2.26. The highest BCUT2D eigenvalue weighted by atomic mass is 32.2. The van der Waals surface area contributed by atoms with Crippen molar-refractivity contribution in [2.45, 2.75) is 5.09 Å².